The van der Waals surface area contributed by atoms with E-state index in [1.807, 2.05) is 6.07 Å². The maximum atomic E-state index is 11.7. The molecular weight excluding hydrogens is 360 g/mol. The number of para-hydroxylation sites is 1. The van der Waals surface area contributed by atoms with Gasteiger partial charge < -0.3 is 15.4 Å². The quantitative estimate of drug-likeness (QED) is 0.306. The molecule has 0 atom stereocenters. The average Bonchev–Trinajstić information content (AvgIpc) is 2.63. The van der Waals surface area contributed by atoms with E-state index in [1.54, 1.807) is 24.3 Å². The van der Waals surface area contributed by atoms with Gasteiger partial charge in [0, 0.05) is 24.9 Å². The van der Waals surface area contributed by atoms with E-state index in [-0.39, 0.29) is 36.7 Å². The Morgan fingerprint density at radius 1 is 0.885 bits per heavy atom. The van der Waals surface area contributed by atoms with Crippen molar-refractivity contribution in [3.05, 3.63) is 30.3 Å². The van der Waals surface area contributed by atoms with Crippen LogP contribution in [-0.4, -0.2) is 35.9 Å². The van der Waals surface area contributed by atoms with Gasteiger partial charge in [-0.1, -0.05) is 18.2 Å². The number of thiocarbonyl (C=S) groups is 1. The summed E-state index contributed by atoms with van der Waals surface area (Å²) in [5.41, 5.74) is 5.25. The van der Waals surface area contributed by atoms with Crippen LogP contribution in [0.2, 0.25) is 0 Å². The summed E-state index contributed by atoms with van der Waals surface area (Å²) >= 11 is 4.83. The summed E-state index contributed by atoms with van der Waals surface area (Å²) in [5.74, 6) is -1.78. The van der Waals surface area contributed by atoms with Crippen molar-refractivity contribution < 1.29 is 23.9 Å². The van der Waals surface area contributed by atoms with Crippen molar-refractivity contribution in [2.24, 2.45) is 0 Å². The number of carbonyl (C=O) groups excluding carboxylic acids is 4. The predicted octanol–water partition coefficient (Wildman–Crippen LogP) is 0.380. The molecule has 0 fully saturated rings. The molecule has 26 heavy (non-hydrogen) atoms. The van der Waals surface area contributed by atoms with E-state index < -0.39 is 17.8 Å². The van der Waals surface area contributed by atoms with Crippen LogP contribution >= 0.6 is 12.2 Å². The second-order valence-electron chi connectivity index (χ2n) is 5.04. The Hall–Kier alpha value is -3.01. The second-order valence-corrected chi connectivity index (χ2v) is 5.45. The van der Waals surface area contributed by atoms with Gasteiger partial charge in [-0.05, 0) is 24.4 Å². The Kier molecular flexibility index (Phi) is 9.33. The molecule has 0 bridgehead atoms. The Labute approximate surface area is 155 Å². The lowest BCUT2D eigenvalue weighted by molar-refractivity contribution is -0.142. The van der Waals surface area contributed by atoms with E-state index in [4.69, 9.17) is 12.2 Å². The number of esters is 1. The smallest absolute Gasteiger partial charge is 0.306 e. The highest BCUT2D eigenvalue weighted by Crippen LogP contribution is 2.05. The third-order valence-corrected chi connectivity index (χ3v) is 3.19. The molecule has 0 radical (unpaired) electrons. The van der Waals surface area contributed by atoms with E-state index in [0.29, 0.717) is 5.69 Å². The van der Waals surface area contributed by atoms with Crippen molar-refractivity contribution in [1.29, 1.82) is 0 Å². The lowest BCUT2D eigenvalue weighted by Crippen LogP contribution is -2.48. The molecule has 0 aromatic heterocycles. The molecule has 9 nitrogen and oxygen atoms in total. The number of hydrazine groups is 1. The number of anilines is 1. The Morgan fingerprint density at radius 2 is 1.50 bits per heavy atom. The van der Waals surface area contributed by atoms with Crippen molar-refractivity contribution >= 4 is 46.7 Å². The van der Waals surface area contributed by atoms with E-state index in [0.717, 1.165) is 0 Å². The van der Waals surface area contributed by atoms with E-state index in [9.17, 15) is 19.2 Å². The summed E-state index contributed by atoms with van der Waals surface area (Å²) in [6.45, 7) is 0. The van der Waals surface area contributed by atoms with Crippen molar-refractivity contribution in [1.82, 2.24) is 16.2 Å². The number of amides is 3. The minimum absolute atomic E-state index is 0.0132. The molecule has 4 N–H and O–H groups in total. The molecule has 0 heterocycles. The van der Waals surface area contributed by atoms with Crippen molar-refractivity contribution in [2.75, 3.05) is 12.4 Å². The van der Waals surface area contributed by atoms with E-state index >= 15 is 0 Å². The van der Waals surface area contributed by atoms with Crippen LogP contribution in [0.15, 0.2) is 30.3 Å². The molecule has 1 aromatic rings. The zero-order chi connectivity index (χ0) is 19.4. The van der Waals surface area contributed by atoms with Crippen LogP contribution in [-0.2, 0) is 23.9 Å². The molecule has 0 saturated heterocycles. The second kappa shape index (κ2) is 11.5. The molecule has 3 amide bonds. The van der Waals surface area contributed by atoms with Crippen LogP contribution < -0.4 is 21.5 Å². The molecule has 0 aliphatic heterocycles. The first-order valence-corrected chi connectivity index (χ1v) is 8.12. The molecule has 0 spiro atoms. The summed E-state index contributed by atoms with van der Waals surface area (Å²) in [6, 6.07) is 8.87. The first-order valence-electron chi connectivity index (χ1n) is 7.71. The Morgan fingerprint density at radius 3 is 2.15 bits per heavy atom. The van der Waals surface area contributed by atoms with E-state index in [1.165, 1.54) is 7.11 Å². The van der Waals surface area contributed by atoms with E-state index in [2.05, 4.69) is 26.2 Å². The normalized spacial score (nSPS) is 9.58. The molecule has 0 unspecified atom stereocenters. The highest BCUT2D eigenvalue weighted by molar-refractivity contribution is 7.80. The first-order chi connectivity index (χ1) is 12.4. The summed E-state index contributed by atoms with van der Waals surface area (Å²) < 4.78 is 4.41. The summed E-state index contributed by atoms with van der Waals surface area (Å²) in [5, 5.41) is 4.82. The largest absolute Gasteiger partial charge is 0.469 e. The Bertz CT molecular complexity index is 666. The lowest BCUT2D eigenvalue weighted by Gasteiger charge is -2.10. The fraction of sp³-hybridized carbons (Fsp3) is 0.312. The number of ether oxygens (including phenoxy) is 1. The molecule has 0 aliphatic carbocycles. The number of benzene rings is 1. The number of methoxy groups -OCH3 is 1. The molecule has 10 heteroatoms. The summed E-state index contributed by atoms with van der Waals surface area (Å²) in [4.78, 5) is 45.8. The third-order valence-electron chi connectivity index (χ3n) is 2.99. The fourth-order valence-corrected chi connectivity index (χ4v) is 1.86. The van der Waals surface area contributed by atoms with Gasteiger partial charge in [-0.3, -0.25) is 30.0 Å². The fourth-order valence-electron chi connectivity index (χ4n) is 1.70. The third kappa shape index (κ3) is 9.33. The summed E-state index contributed by atoms with van der Waals surface area (Å²) in [7, 11) is 1.22. The monoisotopic (exact) mass is 380 g/mol. The Balaban J connectivity index is 2.18. The predicted molar refractivity (Wildman–Crippen MR) is 97.6 cm³/mol. The minimum atomic E-state index is -0.513. The summed E-state index contributed by atoms with van der Waals surface area (Å²) in [6.07, 6.45) is -0.249. The molecular formula is C16H20N4O5S. The van der Waals surface area contributed by atoms with Crippen LogP contribution in [0.5, 0.6) is 0 Å². The van der Waals surface area contributed by atoms with Gasteiger partial charge >= 0.3 is 5.97 Å². The van der Waals surface area contributed by atoms with Crippen LogP contribution in [0.25, 0.3) is 0 Å². The van der Waals surface area contributed by atoms with Crippen molar-refractivity contribution in [2.45, 2.75) is 25.7 Å². The molecule has 1 rings (SSSR count). The van der Waals surface area contributed by atoms with Crippen LogP contribution in [0.4, 0.5) is 5.69 Å². The lowest BCUT2D eigenvalue weighted by atomic mass is 10.2. The number of hydrogen-bond donors (Lipinski definition) is 4. The number of rotatable bonds is 7. The van der Waals surface area contributed by atoms with Gasteiger partial charge in [0.25, 0.3) is 0 Å². The highest BCUT2D eigenvalue weighted by Gasteiger charge is 2.10. The number of nitrogens with one attached hydrogen (secondary N) is 4. The zero-order valence-electron chi connectivity index (χ0n) is 14.2. The molecule has 1 aromatic carbocycles. The van der Waals surface area contributed by atoms with Crippen LogP contribution in [0.3, 0.4) is 0 Å². The van der Waals surface area contributed by atoms with Gasteiger partial charge in [-0.15, -0.1) is 0 Å². The number of carbonyl (C=O) groups is 4. The number of hydrogen-bond acceptors (Lipinski definition) is 6. The van der Waals surface area contributed by atoms with Gasteiger partial charge in [-0.2, -0.15) is 0 Å². The van der Waals surface area contributed by atoms with Gasteiger partial charge in [0.2, 0.25) is 17.7 Å². The maximum Gasteiger partial charge on any atom is 0.306 e. The SMILES string of the molecule is COC(=O)CCC(=O)NC(=S)NNC(=O)CCC(=O)Nc1ccccc1. The maximum absolute atomic E-state index is 11.7. The molecule has 0 aliphatic rings. The zero-order valence-corrected chi connectivity index (χ0v) is 15.0. The van der Waals surface area contributed by atoms with Crippen LogP contribution in [0, 0.1) is 0 Å². The first kappa shape index (κ1) is 21.0. The highest BCUT2D eigenvalue weighted by atomic mass is 32.1. The van der Waals surface area contributed by atoms with Gasteiger partial charge in [0.15, 0.2) is 5.11 Å². The van der Waals surface area contributed by atoms with Gasteiger partial charge in [-0.25, -0.2) is 0 Å². The van der Waals surface area contributed by atoms with Crippen molar-refractivity contribution in [3.8, 4) is 0 Å². The molecule has 0 saturated carbocycles. The molecule has 140 valence electrons. The average molecular weight is 380 g/mol. The standard InChI is InChI=1S/C16H20N4O5S/c1-25-15(24)10-9-13(22)18-16(26)20-19-14(23)8-7-12(21)17-11-5-3-2-4-6-11/h2-6H,7-10H2,1H3,(H,17,21)(H,19,23)(H2,18,20,22,26). The topological polar surface area (TPSA) is 126 Å². The van der Waals surface area contributed by atoms with Gasteiger partial charge in [0.1, 0.15) is 0 Å². The van der Waals surface area contributed by atoms with Crippen LogP contribution in [0.1, 0.15) is 25.7 Å². The minimum Gasteiger partial charge on any atom is -0.469 e. The van der Waals surface area contributed by atoms with Crippen molar-refractivity contribution in [3.63, 3.8) is 0 Å². The van der Waals surface area contributed by atoms with Gasteiger partial charge in [0.05, 0.1) is 13.5 Å².